The minimum absolute atomic E-state index is 0.0771. The molecule has 4 rings (SSSR count). The van der Waals surface area contributed by atoms with Crippen LogP contribution in [-0.4, -0.2) is 48.5 Å². The summed E-state index contributed by atoms with van der Waals surface area (Å²) in [5, 5.41) is 10.2. The van der Waals surface area contributed by atoms with Gasteiger partial charge in [0.25, 0.3) is 0 Å². The molecule has 1 aliphatic rings. The number of methoxy groups -OCH3 is 1. The molecule has 2 aromatic carbocycles. The van der Waals surface area contributed by atoms with E-state index in [1.807, 2.05) is 0 Å². The summed E-state index contributed by atoms with van der Waals surface area (Å²) >= 11 is 0. The predicted molar refractivity (Wildman–Crippen MR) is 108 cm³/mol. The summed E-state index contributed by atoms with van der Waals surface area (Å²) in [7, 11) is -2.43. The van der Waals surface area contributed by atoms with Gasteiger partial charge in [0, 0.05) is 12.1 Å². The topological polar surface area (TPSA) is 115 Å². The van der Waals surface area contributed by atoms with Crippen molar-refractivity contribution in [2.24, 2.45) is 0 Å². The summed E-state index contributed by atoms with van der Waals surface area (Å²) in [5.41, 5.74) is 0.605. The first-order chi connectivity index (χ1) is 14.9. The largest absolute Gasteiger partial charge is 0.497 e. The van der Waals surface area contributed by atoms with E-state index in [-0.39, 0.29) is 23.3 Å². The highest BCUT2D eigenvalue weighted by molar-refractivity contribution is 7.89. The van der Waals surface area contributed by atoms with Crippen molar-refractivity contribution < 1.29 is 26.8 Å². The number of hydrogen-bond donors (Lipinski definition) is 1. The molecule has 0 radical (unpaired) electrons. The maximum Gasteiger partial charge on any atom is 0.322 e. The molecule has 1 fully saturated rings. The zero-order chi connectivity index (χ0) is 22.0. The van der Waals surface area contributed by atoms with Gasteiger partial charge >= 0.3 is 6.01 Å². The van der Waals surface area contributed by atoms with E-state index in [2.05, 4.69) is 15.5 Å². The molecule has 0 aliphatic carbocycles. The minimum atomic E-state index is -3.96. The first-order valence-corrected chi connectivity index (χ1v) is 10.9. The number of aromatic nitrogens is 2. The third-order valence-corrected chi connectivity index (χ3v) is 6.82. The predicted octanol–water partition coefficient (Wildman–Crippen LogP) is 2.68. The Hall–Kier alpha value is -3.31. The lowest BCUT2D eigenvalue weighted by Crippen LogP contribution is -2.43. The fourth-order valence-corrected chi connectivity index (χ4v) is 5.02. The lowest BCUT2D eigenvalue weighted by atomic mass is 10.2. The van der Waals surface area contributed by atoms with Crippen molar-refractivity contribution in [3.05, 3.63) is 54.3 Å². The van der Waals surface area contributed by atoms with E-state index in [1.165, 1.54) is 19.2 Å². The monoisotopic (exact) mass is 446 g/mol. The number of sulfonamides is 1. The normalized spacial score (nSPS) is 16.9. The SMILES string of the molecule is COc1cccc(-c2nnc(NC(=O)C3CCCN3S(=O)(=O)c3ccc(F)cc3)o2)c1. The molecular formula is C20H19FN4O5S. The molecule has 0 saturated carbocycles. The van der Waals surface area contributed by atoms with Crippen LogP contribution in [0.5, 0.6) is 5.75 Å². The second-order valence-corrected chi connectivity index (χ2v) is 8.75. The van der Waals surface area contributed by atoms with Gasteiger partial charge in [0.15, 0.2) is 0 Å². The second-order valence-electron chi connectivity index (χ2n) is 6.86. The molecule has 1 unspecified atom stereocenters. The number of rotatable bonds is 6. The van der Waals surface area contributed by atoms with Gasteiger partial charge in [0.1, 0.15) is 17.6 Å². The van der Waals surface area contributed by atoms with Gasteiger partial charge in [0.05, 0.1) is 12.0 Å². The van der Waals surface area contributed by atoms with Crippen LogP contribution in [0.25, 0.3) is 11.5 Å². The number of amides is 1. The van der Waals surface area contributed by atoms with Crippen LogP contribution in [0.1, 0.15) is 12.8 Å². The Morgan fingerprint density at radius 3 is 2.74 bits per heavy atom. The highest BCUT2D eigenvalue weighted by Gasteiger charge is 2.39. The molecule has 0 spiro atoms. The number of nitrogens with zero attached hydrogens (tertiary/aromatic N) is 3. The van der Waals surface area contributed by atoms with Crippen molar-refractivity contribution in [1.82, 2.24) is 14.5 Å². The molecule has 3 aromatic rings. The van der Waals surface area contributed by atoms with Crippen LogP contribution < -0.4 is 10.1 Å². The molecule has 31 heavy (non-hydrogen) atoms. The van der Waals surface area contributed by atoms with Gasteiger partial charge in [-0.05, 0) is 55.3 Å². The van der Waals surface area contributed by atoms with Crippen LogP contribution >= 0.6 is 0 Å². The summed E-state index contributed by atoms with van der Waals surface area (Å²) < 4.78 is 50.8. The van der Waals surface area contributed by atoms with Gasteiger partial charge in [-0.1, -0.05) is 11.2 Å². The average Bonchev–Trinajstić information content (AvgIpc) is 3.44. The van der Waals surface area contributed by atoms with Crippen molar-refractivity contribution in [3.8, 4) is 17.2 Å². The third-order valence-electron chi connectivity index (χ3n) is 4.90. The fraction of sp³-hybridized carbons (Fsp3) is 0.250. The van der Waals surface area contributed by atoms with Gasteiger partial charge in [-0.15, -0.1) is 5.10 Å². The zero-order valence-electron chi connectivity index (χ0n) is 16.5. The van der Waals surface area contributed by atoms with Crippen molar-refractivity contribution in [2.75, 3.05) is 19.0 Å². The molecular weight excluding hydrogens is 427 g/mol. The Balaban J connectivity index is 1.50. The van der Waals surface area contributed by atoms with E-state index < -0.39 is 27.8 Å². The van der Waals surface area contributed by atoms with E-state index in [9.17, 15) is 17.6 Å². The summed E-state index contributed by atoms with van der Waals surface area (Å²) in [6.45, 7) is 0.177. The third kappa shape index (κ3) is 4.28. The van der Waals surface area contributed by atoms with Gasteiger partial charge in [-0.25, -0.2) is 12.8 Å². The molecule has 1 saturated heterocycles. The molecule has 1 aliphatic heterocycles. The quantitative estimate of drug-likeness (QED) is 0.619. The van der Waals surface area contributed by atoms with Crippen LogP contribution in [-0.2, 0) is 14.8 Å². The van der Waals surface area contributed by atoms with Gasteiger partial charge in [-0.2, -0.15) is 4.31 Å². The highest BCUT2D eigenvalue weighted by Crippen LogP contribution is 2.28. The van der Waals surface area contributed by atoms with E-state index in [1.54, 1.807) is 24.3 Å². The highest BCUT2D eigenvalue weighted by atomic mass is 32.2. The molecule has 162 valence electrons. The van der Waals surface area contributed by atoms with Crippen LogP contribution in [0.2, 0.25) is 0 Å². The molecule has 1 amide bonds. The minimum Gasteiger partial charge on any atom is -0.497 e. The van der Waals surface area contributed by atoms with E-state index >= 15 is 0 Å². The number of benzene rings is 2. The fourth-order valence-electron chi connectivity index (χ4n) is 3.37. The van der Waals surface area contributed by atoms with E-state index in [0.717, 1.165) is 16.4 Å². The number of ether oxygens (including phenoxy) is 1. The number of hydrogen-bond acceptors (Lipinski definition) is 7. The summed E-state index contributed by atoms with van der Waals surface area (Å²) in [5.74, 6) is -0.341. The smallest absolute Gasteiger partial charge is 0.322 e. The maximum absolute atomic E-state index is 13.2. The number of carbonyl (C=O) groups excluding carboxylic acids is 1. The number of nitrogens with one attached hydrogen (secondary N) is 1. The molecule has 2 heterocycles. The van der Waals surface area contributed by atoms with Gasteiger partial charge < -0.3 is 9.15 Å². The van der Waals surface area contributed by atoms with Gasteiger partial charge in [0.2, 0.25) is 21.8 Å². The molecule has 9 nitrogen and oxygen atoms in total. The maximum atomic E-state index is 13.2. The van der Waals surface area contributed by atoms with Crippen molar-refractivity contribution in [1.29, 1.82) is 0 Å². The summed E-state index contributed by atoms with van der Waals surface area (Å²) in [4.78, 5) is 12.7. The van der Waals surface area contributed by atoms with Crippen LogP contribution in [0.3, 0.4) is 0 Å². The van der Waals surface area contributed by atoms with Crippen molar-refractivity contribution in [3.63, 3.8) is 0 Å². The lowest BCUT2D eigenvalue weighted by Gasteiger charge is -2.22. The number of halogens is 1. The lowest BCUT2D eigenvalue weighted by molar-refractivity contribution is -0.119. The van der Waals surface area contributed by atoms with Crippen LogP contribution in [0, 0.1) is 5.82 Å². The summed E-state index contributed by atoms with van der Waals surface area (Å²) in [6.07, 6.45) is 0.848. The Bertz CT molecular complexity index is 1200. The second kappa shape index (κ2) is 8.44. The van der Waals surface area contributed by atoms with Crippen molar-refractivity contribution >= 4 is 21.9 Å². The molecule has 0 bridgehead atoms. The van der Waals surface area contributed by atoms with E-state index in [0.29, 0.717) is 24.2 Å². The Morgan fingerprint density at radius 2 is 2.00 bits per heavy atom. The zero-order valence-corrected chi connectivity index (χ0v) is 17.3. The standard InChI is InChI=1S/C20H19FN4O5S/c1-29-15-5-2-4-13(12-15)19-23-24-20(30-19)22-18(26)17-6-3-11-25(17)31(27,28)16-9-7-14(21)8-10-16/h2,4-5,7-10,12,17H,3,6,11H2,1H3,(H,22,24,26). The Morgan fingerprint density at radius 1 is 1.23 bits per heavy atom. The van der Waals surface area contributed by atoms with Crippen molar-refractivity contribution in [2.45, 2.75) is 23.8 Å². The number of carbonyl (C=O) groups is 1. The molecule has 11 heteroatoms. The molecule has 1 aromatic heterocycles. The molecule has 1 N–H and O–H groups in total. The first-order valence-electron chi connectivity index (χ1n) is 9.45. The number of anilines is 1. The molecule has 1 atom stereocenters. The Kier molecular flexibility index (Phi) is 5.70. The van der Waals surface area contributed by atoms with Gasteiger partial charge in [-0.3, -0.25) is 10.1 Å². The first kappa shape index (κ1) is 20.9. The average molecular weight is 446 g/mol. The Labute approximate surface area is 177 Å². The summed E-state index contributed by atoms with van der Waals surface area (Å²) in [6, 6.07) is 10.4. The van der Waals surface area contributed by atoms with Crippen LogP contribution in [0.4, 0.5) is 10.4 Å². The van der Waals surface area contributed by atoms with E-state index in [4.69, 9.17) is 9.15 Å². The van der Waals surface area contributed by atoms with Crippen LogP contribution in [0.15, 0.2) is 57.8 Å².